The molecule has 1 atom stereocenters. The zero-order valence-corrected chi connectivity index (χ0v) is 19.0. The fourth-order valence-electron chi connectivity index (χ4n) is 4.02. The minimum atomic E-state index is -3.84. The first-order valence-corrected chi connectivity index (χ1v) is 11.8. The van der Waals surface area contributed by atoms with Crippen molar-refractivity contribution in [2.45, 2.75) is 24.7 Å². The third-order valence-corrected chi connectivity index (χ3v) is 7.60. The van der Waals surface area contributed by atoms with E-state index in [2.05, 4.69) is 10.3 Å². The topological polar surface area (TPSA) is 116 Å². The number of aryl methyl sites for hydroxylation is 1. The van der Waals surface area contributed by atoms with E-state index < -0.39 is 21.7 Å². The van der Waals surface area contributed by atoms with Gasteiger partial charge in [0.25, 0.3) is 0 Å². The predicted octanol–water partition coefficient (Wildman–Crippen LogP) is 2.53. The summed E-state index contributed by atoms with van der Waals surface area (Å²) in [5.74, 6) is -1.31. The molecule has 2 N–H and O–H groups in total. The Labute approximate surface area is 186 Å². The zero-order valence-electron chi connectivity index (χ0n) is 18.2. The van der Waals surface area contributed by atoms with E-state index in [4.69, 9.17) is 4.42 Å². The van der Waals surface area contributed by atoms with Crippen molar-refractivity contribution in [1.29, 1.82) is 0 Å². The quantitative estimate of drug-likeness (QED) is 0.607. The van der Waals surface area contributed by atoms with Crippen molar-refractivity contribution in [3.8, 4) is 0 Å². The molecule has 0 radical (unpaired) electrons. The lowest BCUT2D eigenvalue weighted by Crippen LogP contribution is -2.43. The molecule has 1 fully saturated rings. The maximum Gasteiger partial charge on any atom is 0.417 e. The summed E-state index contributed by atoms with van der Waals surface area (Å²) in [6.07, 6.45) is 1.19. The van der Waals surface area contributed by atoms with E-state index in [1.165, 1.54) is 22.5 Å². The largest absolute Gasteiger partial charge is 0.417 e. The summed E-state index contributed by atoms with van der Waals surface area (Å²) in [5.41, 5.74) is 3.39. The first-order valence-electron chi connectivity index (χ1n) is 10.4. The van der Waals surface area contributed by atoms with Crippen molar-refractivity contribution >= 4 is 38.4 Å². The minimum absolute atomic E-state index is 0.0305. The maximum atomic E-state index is 13.2. The Morgan fingerprint density at radius 1 is 1.22 bits per heavy atom. The molecule has 32 heavy (non-hydrogen) atoms. The standard InChI is InChI=1S/C22H26N4O5S/c1-14-6-7-16(11-19(14)25(2)3)23-21(27)15-5-4-10-26(13-15)32(29,30)17-8-9-18-20(12-17)31-22(28)24-18/h6-9,11-12,15H,4-5,10,13H2,1-3H3,(H,23,27)(H,24,28)/t15-/m1/s1. The molecular weight excluding hydrogens is 432 g/mol. The number of nitrogens with one attached hydrogen (secondary N) is 2. The van der Waals surface area contributed by atoms with E-state index in [1.807, 2.05) is 44.1 Å². The van der Waals surface area contributed by atoms with Gasteiger partial charge >= 0.3 is 5.76 Å². The number of nitrogens with zero attached hydrogens (tertiary/aromatic N) is 2. The number of aromatic nitrogens is 1. The number of benzene rings is 2. The van der Waals surface area contributed by atoms with Gasteiger partial charge in [0.1, 0.15) is 0 Å². The highest BCUT2D eigenvalue weighted by Crippen LogP contribution is 2.27. The normalized spacial score (nSPS) is 17.4. The van der Waals surface area contributed by atoms with Gasteiger partial charge in [-0.2, -0.15) is 4.31 Å². The van der Waals surface area contributed by atoms with Crippen molar-refractivity contribution in [1.82, 2.24) is 9.29 Å². The summed E-state index contributed by atoms with van der Waals surface area (Å²) < 4.78 is 32.7. The van der Waals surface area contributed by atoms with Crippen LogP contribution in [-0.2, 0) is 14.8 Å². The fraction of sp³-hybridized carbons (Fsp3) is 0.364. The Morgan fingerprint density at radius 2 is 2.00 bits per heavy atom. The molecule has 3 aromatic rings. The first kappa shape index (κ1) is 22.1. The van der Waals surface area contributed by atoms with Crippen LogP contribution in [0, 0.1) is 12.8 Å². The number of sulfonamides is 1. The molecule has 10 heteroatoms. The number of fused-ring (bicyclic) bond motifs is 1. The number of hydrogen-bond donors (Lipinski definition) is 2. The fourth-order valence-corrected chi connectivity index (χ4v) is 5.56. The summed E-state index contributed by atoms with van der Waals surface area (Å²) in [6.45, 7) is 2.42. The average Bonchev–Trinajstić information content (AvgIpc) is 3.14. The minimum Gasteiger partial charge on any atom is -0.408 e. The molecule has 0 spiro atoms. The SMILES string of the molecule is Cc1ccc(NC(=O)[C@@H]2CCCN(S(=O)(=O)c3ccc4[nH]c(=O)oc4c3)C2)cc1N(C)C. The molecule has 1 aliphatic rings. The number of H-pyrrole nitrogens is 1. The molecule has 2 aromatic carbocycles. The van der Waals surface area contributed by atoms with E-state index in [0.29, 0.717) is 30.6 Å². The summed E-state index contributed by atoms with van der Waals surface area (Å²) in [7, 11) is 0.0402. The molecule has 1 saturated heterocycles. The van der Waals surface area contributed by atoms with Crippen LogP contribution in [0.25, 0.3) is 11.1 Å². The van der Waals surface area contributed by atoms with Crippen LogP contribution in [0.15, 0.2) is 50.5 Å². The van der Waals surface area contributed by atoms with E-state index in [-0.39, 0.29) is 22.9 Å². The van der Waals surface area contributed by atoms with Gasteiger partial charge < -0.3 is 14.6 Å². The van der Waals surface area contributed by atoms with E-state index in [1.54, 1.807) is 0 Å². The molecule has 170 valence electrons. The van der Waals surface area contributed by atoms with E-state index >= 15 is 0 Å². The molecule has 1 aromatic heterocycles. The van der Waals surface area contributed by atoms with Crippen LogP contribution in [0.2, 0.25) is 0 Å². The van der Waals surface area contributed by atoms with Gasteiger partial charge in [0, 0.05) is 44.6 Å². The number of anilines is 2. The van der Waals surface area contributed by atoms with Gasteiger partial charge in [-0.3, -0.25) is 9.78 Å². The Kier molecular flexibility index (Phi) is 5.83. The molecule has 1 aliphatic heterocycles. The third kappa shape index (κ3) is 4.28. The highest BCUT2D eigenvalue weighted by Gasteiger charge is 2.33. The Morgan fingerprint density at radius 3 is 2.75 bits per heavy atom. The number of amides is 1. The molecule has 0 bridgehead atoms. The van der Waals surface area contributed by atoms with Gasteiger partial charge in [-0.05, 0) is 49.6 Å². The second kappa shape index (κ2) is 8.44. The van der Waals surface area contributed by atoms with E-state index in [0.717, 1.165) is 11.3 Å². The highest BCUT2D eigenvalue weighted by molar-refractivity contribution is 7.89. The Hall–Kier alpha value is -3.11. The average molecular weight is 459 g/mol. The number of piperidine rings is 1. The molecular formula is C22H26N4O5S. The molecule has 0 saturated carbocycles. The van der Waals surface area contributed by atoms with Gasteiger partial charge in [0.2, 0.25) is 15.9 Å². The summed E-state index contributed by atoms with van der Waals surface area (Å²) >= 11 is 0. The number of oxazole rings is 1. The lowest BCUT2D eigenvalue weighted by Gasteiger charge is -2.31. The van der Waals surface area contributed by atoms with Crippen molar-refractivity contribution < 1.29 is 17.6 Å². The van der Waals surface area contributed by atoms with Crippen molar-refractivity contribution in [2.24, 2.45) is 5.92 Å². The van der Waals surface area contributed by atoms with Crippen LogP contribution in [0.3, 0.4) is 0 Å². The van der Waals surface area contributed by atoms with Crippen molar-refractivity contribution in [3.63, 3.8) is 0 Å². The van der Waals surface area contributed by atoms with Crippen LogP contribution in [-0.4, -0.2) is 50.8 Å². The second-order valence-corrected chi connectivity index (χ2v) is 10.2. The van der Waals surface area contributed by atoms with Crippen LogP contribution in [0.4, 0.5) is 11.4 Å². The number of hydrogen-bond acceptors (Lipinski definition) is 6. The first-order chi connectivity index (χ1) is 15.1. The molecule has 1 amide bonds. The molecule has 2 heterocycles. The highest BCUT2D eigenvalue weighted by atomic mass is 32.2. The van der Waals surface area contributed by atoms with Crippen LogP contribution in [0.5, 0.6) is 0 Å². The molecule has 9 nitrogen and oxygen atoms in total. The number of carbonyl (C=O) groups excluding carboxylic acids is 1. The predicted molar refractivity (Wildman–Crippen MR) is 122 cm³/mol. The third-order valence-electron chi connectivity index (χ3n) is 5.74. The smallest absolute Gasteiger partial charge is 0.408 e. The van der Waals surface area contributed by atoms with Gasteiger partial charge in [-0.25, -0.2) is 13.2 Å². The maximum absolute atomic E-state index is 13.2. The molecule has 4 rings (SSSR count). The van der Waals surface area contributed by atoms with Crippen LogP contribution in [0.1, 0.15) is 18.4 Å². The second-order valence-electron chi connectivity index (χ2n) is 8.26. The number of aromatic amines is 1. The Bertz CT molecular complexity index is 1330. The van der Waals surface area contributed by atoms with Gasteiger partial charge in [-0.15, -0.1) is 0 Å². The number of rotatable bonds is 5. The summed E-state index contributed by atoms with van der Waals surface area (Å²) in [5, 5.41) is 2.93. The van der Waals surface area contributed by atoms with Crippen molar-refractivity contribution in [2.75, 3.05) is 37.4 Å². The van der Waals surface area contributed by atoms with Crippen LogP contribution < -0.4 is 16.0 Å². The number of carbonyl (C=O) groups is 1. The monoisotopic (exact) mass is 458 g/mol. The Balaban J connectivity index is 1.51. The summed E-state index contributed by atoms with van der Waals surface area (Å²) in [4.78, 5) is 28.8. The molecule has 0 aliphatic carbocycles. The molecule has 0 unspecified atom stereocenters. The van der Waals surface area contributed by atoms with Crippen LogP contribution >= 0.6 is 0 Å². The van der Waals surface area contributed by atoms with Gasteiger partial charge in [0.15, 0.2) is 5.58 Å². The zero-order chi connectivity index (χ0) is 23.0. The lowest BCUT2D eigenvalue weighted by atomic mass is 9.98. The van der Waals surface area contributed by atoms with Gasteiger partial charge in [-0.1, -0.05) is 6.07 Å². The van der Waals surface area contributed by atoms with Gasteiger partial charge in [0.05, 0.1) is 16.3 Å². The van der Waals surface area contributed by atoms with E-state index in [9.17, 15) is 18.0 Å². The van der Waals surface area contributed by atoms with Crippen molar-refractivity contribution in [3.05, 3.63) is 52.5 Å². The summed E-state index contributed by atoms with van der Waals surface area (Å²) in [6, 6.07) is 9.96. The lowest BCUT2D eigenvalue weighted by molar-refractivity contribution is -0.120.